The number of nitrogens with one attached hydrogen (secondary N) is 1. The average molecular weight is 214 g/mol. The highest BCUT2D eigenvalue weighted by Gasteiger charge is 2.17. The van der Waals surface area contributed by atoms with E-state index in [2.05, 4.69) is 51.9 Å². The minimum atomic E-state index is 0.639. The lowest BCUT2D eigenvalue weighted by atomic mass is 9.98. The quantitative estimate of drug-likeness (QED) is 0.668. The lowest BCUT2D eigenvalue weighted by molar-refractivity contribution is 0.210. The van der Waals surface area contributed by atoms with Gasteiger partial charge in [0.2, 0.25) is 0 Å². The number of likely N-dealkylation sites (N-methyl/N-ethyl adjacent to an activating group) is 1. The zero-order valence-electron chi connectivity index (χ0n) is 11.5. The molecule has 0 aliphatic carbocycles. The fourth-order valence-electron chi connectivity index (χ4n) is 1.58. The van der Waals surface area contributed by atoms with E-state index in [0.29, 0.717) is 12.1 Å². The van der Waals surface area contributed by atoms with Crippen molar-refractivity contribution in [2.45, 2.75) is 59.5 Å². The molecule has 0 aromatic heterocycles. The van der Waals surface area contributed by atoms with Gasteiger partial charge in [-0.3, -0.25) is 0 Å². The van der Waals surface area contributed by atoms with Crippen molar-refractivity contribution < 1.29 is 0 Å². The van der Waals surface area contributed by atoms with Crippen LogP contribution < -0.4 is 5.32 Å². The van der Waals surface area contributed by atoms with Crippen molar-refractivity contribution >= 4 is 0 Å². The summed E-state index contributed by atoms with van der Waals surface area (Å²) in [5, 5.41) is 3.66. The van der Waals surface area contributed by atoms with Gasteiger partial charge in [-0.15, -0.1) is 0 Å². The standard InChI is InChI=1S/C13H30N2/c1-7-9-14-13(12(5)8-2)10-15(6)11(3)4/h11-14H,7-10H2,1-6H3. The Morgan fingerprint density at radius 1 is 1.13 bits per heavy atom. The summed E-state index contributed by atoms with van der Waals surface area (Å²) >= 11 is 0. The molecular weight excluding hydrogens is 184 g/mol. The summed E-state index contributed by atoms with van der Waals surface area (Å²) in [5.74, 6) is 0.762. The SMILES string of the molecule is CCCNC(CN(C)C(C)C)C(C)CC. The van der Waals surface area contributed by atoms with E-state index in [1.807, 2.05) is 0 Å². The highest BCUT2D eigenvalue weighted by Crippen LogP contribution is 2.10. The Morgan fingerprint density at radius 2 is 1.73 bits per heavy atom. The van der Waals surface area contributed by atoms with E-state index in [1.165, 1.54) is 12.8 Å². The summed E-state index contributed by atoms with van der Waals surface area (Å²) in [6.07, 6.45) is 2.48. The molecule has 15 heavy (non-hydrogen) atoms. The van der Waals surface area contributed by atoms with Crippen LogP contribution in [0.3, 0.4) is 0 Å². The van der Waals surface area contributed by atoms with Crippen LogP contribution in [0.5, 0.6) is 0 Å². The lowest BCUT2D eigenvalue weighted by Gasteiger charge is -2.31. The molecule has 0 heterocycles. The van der Waals surface area contributed by atoms with Crippen LogP contribution in [0.15, 0.2) is 0 Å². The van der Waals surface area contributed by atoms with Gasteiger partial charge in [0.1, 0.15) is 0 Å². The molecule has 2 atom stereocenters. The van der Waals surface area contributed by atoms with Crippen LogP contribution in [0, 0.1) is 5.92 Å². The lowest BCUT2D eigenvalue weighted by Crippen LogP contribution is -2.45. The summed E-state index contributed by atoms with van der Waals surface area (Å²) in [6.45, 7) is 13.7. The molecule has 0 aliphatic heterocycles. The first-order valence-electron chi connectivity index (χ1n) is 6.46. The van der Waals surface area contributed by atoms with Crippen LogP contribution in [0.25, 0.3) is 0 Å². The molecule has 0 rings (SSSR count). The van der Waals surface area contributed by atoms with Gasteiger partial charge in [-0.05, 0) is 39.8 Å². The molecule has 0 fully saturated rings. The van der Waals surface area contributed by atoms with E-state index in [1.54, 1.807) is 0 Å². The monoisotopic (exact) mass is 214 g/mol. The summed E-state index contributed by atoms with van der Waals surface area (Å²) in [7, 11) is 2.22. The summed E-state index contributed by atoms with van der Waals surface area (Å²) in [6, 6.07) is 1.28. The Bertz CT molecular complexity index is 145. The summed E-state index contributed by atoms with van der Waals surface area (Å²) in [5.41, 5.74) is 0. The van der Waals surface area contributed by atoms with Crippen molar-refractivity contribution in [1.29, 1.82) is 0 Å². The molecule has 0 amide bonds. The van der Waals surface area contributed by atoms with Crippen LogP contribution in [0.2, 0.25) is 0 Å². The van der Waals surface area contributed by atoms with Crippen LogP contribution >= 0.6 is 0 Å². The Hall–Kier alpha value is -0.0800. The fraction of sp³-hybridized carbons (Fsp3) is 1.00. The van der Waals surface area contributed by atoms with Crippen LogP contribution in [0.4, 0.5) is 0 Å². The first-order valence-corrected chi connectivity index (χ1v) is 6.46. The maximum Gasteiger partial charge on any atom is 0.0220 e. The van der Waals surface area contributed by atoms with Gasteiger partial charge in [0.15, 0.2) is 0 Å². The van der Waals surface area contributed by atoms with E-state index >= 15 is 0 Å². The Balaban J connectivity index is 4.11. The van der Waals surface area contributed by atoms with E-state index in [0.717, 1.165) is 19.0 Å². The molecule has 0 aromatic carbocycles. The molecule has 0 spiro atoms. The first kappa shape index (κ1) is 14.9. The maximum atomic E-state index is 3.66. The minimum Gasteiger partial charge on any atom is -0.312 e. The van der Waals surface area contributed by atoms with Gasteiger partial charge < -0.3 is 10.2 Å². The normalized spacial score (nSPS) is 16.0. The molecule has 92 valence electrons. The topological polar surface area (TPSA) is 15.3 Å². The van der Waals surface area contributed by atoms with Crippen molar-refractivity contribution in [3.63, 3.8) is 0 Å². The van der Waals surface area contributed by atoms with Gasteiger partial charge in [-0.2, -0.15) is 0 Å². The number of hydrogen-bond acceptors (Lipinski definition) is 2. The molecule has 1 N–H and O–H groups in total. The highest BCUT2D eigenvalue weighted by atomic mass is 15.1. The van der Waals surface area contributed by atoms with E-state index < -0.39 is 0 Å². The number of hydrogen-bond donors (Lipinski definition) is 1. The molecule has 0 bridgehead atoms. The van der Waals surface area contributed by atoms with Crippen molar-refractivity contribution in [1.82, 2.24) is 10.2 Å². The second-order valence-corrected chi connectivity index (χ2v) is 4.98. The molecular formula is C13H30N2. The third-order valence-corrected chi connectivity index (χ3v) is 3.35. The fourth-order valence-corrected chi connectivity index (χ4v) is 1.58. The summed E-state index contributed by atoms with van der Waals surface area (Å²) < 4.78 is 0. The molecule has 0 aliphatic rings. The molecule has 0 saturated carbocycles. The molecule has 0 aromatic rings. The van der Waals surface area contributed by atoms with E-state index in [4.69, 9.17) is 0 Å². The average Bonchev–Trinajstić information content (AvgIpc) is 2.22. The van der Waals surface area contributed by atoms with Gasteiger partial charge in [0.25, 0.3) is 0 Å². The zero-order chi connectivity index (χ0) is 11.8. The van der Waals surface area contributed by atoms with E-state index in [9.17, 15) is 0 Å². The predicted octanol–water partition coefficient (Wildman–Crippen LogP) is 2.74. The van der Waals surface area contributed by atoms with Gasteiger partial charge in [0, 0.05) is 18.6 Å². The second kappa shape index (κ2) is 8.12. The van der Waals surface area contributed by atoms with Gasteiger partial charge in [0.05, 0.1) is 0 Å². The molecule has 0 saturated heterocycles. The van der Waals surface area contributed by atoms with Crippen molar-refractivity contribution in [2.75, 3.05) is 20.1 Å². The number of nitrogens with zero attached hydrogens (tertiary/aromatic N) is 1. The molecule has 0 radical (unpaired) electrons. The van der Waals surface area contributed by atoms with Crippen molar-refractivity contribution in [3.8, 4) is 0 Å². The highest BCUT2D eigenvalue weighted by molar-refractivity contribution is 4.76. The smallest absolute Gasteiger partial charge is 0.0220 e. The third-order valence-electron chi connectivity index (χ3n) is 3.35. The van der Waals surface area contributed by atoms with Crippen molar-refractivity contribution in [2.24, 2.45) is 5.92 Å². The van der Waals surface area contributed by atoms with Gasteiger partial charge >= 0.3 is 0 Å². The predicted molar refractivity (Wildman–Crippen MR) is 69.3 cm³/mol. The number of rotatable bonds is 8. The third kappa shape index (κ3) is 6.16. The Morgan fingerprint density at radius 3 is 2.13 bits per heavy atom. The zero-order valence-corrected chi connectivity index (χ0v) is 11.5. The Kier molecular flexibility index (Phi) is 8.07. The summed E-state index contributed by atoms with van der Waals surface area (Å²) in [4.78, 5) is 2.43. The second-order valence-electron chi connectivity index (χ2n) is 4.98. The van der Waals surface area contributed by atoms with Crippen molar-refractivity contribution in [3.05, 3.63) is 0 Å². The molecule has 2 unspecified atom stereocenters. The van der Waals surface area contributed by atoms with Crippen LogP contribution in [0.1, 0.15) is 47.5 Å². The van der Waals surface area contributed by atoms with Crippen LogP contribution in [-0.2, 0) is 0 Å². The minimum absolute atomic E-state index is 0.639. The largest absolute Gasteiger partial charge is 0.312 e. The van der Waals surface area contributed by atoms with E-state index in [-0.39, 0.29) is 0 Å². The Labute approximate surface area is 96.4 Å². The maximum absolute atomic E-state index is 3.66. The molecule has 2 heteroatoms. The molecule has 2 nitrogen and oxygen atoms in total. The van der Waals surface area contributed by atoms with Gasteiger partial charge in [-0.25, -0.2) is 0 Å². The van der Waals surface area contributed by atoms with Gasteiger partial charge in [-0.1, -0.05) is 27.2 Å². The van der Waals surface area contributed by atoms with Crippen LogP contribution in [-0.4, -0.2) is 37.1 Å². The first-order chi connectivity index (χ1) is 7.02.